The van der Waals surface area contributed by atoms with Crippen molar-refractivity contribution in [1.82, 2.24) is 14.9 Å². The molecule has 0 saturated carbocycles. The van der Waals surface area contributed by atoms with Gasteiger partial charge in [0.2, 0.25) is 11.9 Å². The van der Waals surface area contributed by atoms with Crippen LogP contribution >= 0.6 is 0 Å². The van der Waals surface area contributed by atoms with E-state index in [9.17, 15) is 4.79 Å². The number of ether oxygens (including phenoxy) is 1. The number of hydrogen-bond donors (Lipinski definition) is 1. The lowest BCUT2D eigenvalue weighted by atomic mass is 10.0. The largest absolute Gasteiger partial charge is 0.492 e. The third-order valence-electron chi connectivity index (χ3n) is 5.07. The minimum absolute atomic E-state index is 0.288. The van der Waals surface area contributed by atoms with Gasteiger partial charge in [0.25, 0.3) is 0 Å². The molecule has 136 valence electrons. The fraction of sp³-hybridized carbons (Fsp3) is 0.450. The molecule has 1 saturated heterocycles. The summed E-state index contributed by atoms with van der Waals surface area (Å²) in [6, 6.07) is 8.16. The molecular formula is C20H24N4O2. The first-order valence-corrected chi connectivity index (χ1v) is 9.37. The van der Waals surface area contributed by atoms with Crippen molar-refractivity contribution in [2.24, 2.45) is 0 Å². The van der Waals surface area contributed by atoms with Crippen LogP contribution in [0.3, 0.4) is 0 Å². The highest BCUT2D eigenvalue weighted by Crippen LogP contribution is 2.36. The maximum atomic E-state index is 11.7. The first-order chi connectivity index (χ1) is 12.7. The second-order valence-electron chi connectivity index (χ2n) is 6.94. The summed E-state index contributed by atoms with van der Waals surface area (Å²) >= 11 is 0. The molecule has 0 atom stereocenters. The van der Waals surface area contributed by atoms with Gasteiger partial charge in [0, 0.05) is 37.2 Å². The average molecular weight is 352 g/mol. The zero-order valence-electron chi connectivity index (χ0n) is 14.9. The van der Waals surface area contributed by atoms with Crippen LogP contribution in [0.5, 0.6) is 5.75 Å². The molecule has 2 aliphatic rings. The maximum Gasteiger partial charge on any atom is 0.222 e. The molecule has 26 heavy (non-hydrogen) atoms. The average Bonchev–Trinajstić information content (AvgIpc) is 3.27. The lowest BCUT2D eigenvalue weighted by molar-refractivity contribution is -0.127. The normalized spacial score (nSPS) is 16.0. The molecule has 2 aromatic rings. The number of carbonyl (C=O) groups excluding carboxylic acids is 1. The molecule has 4 rings (SSSR count). The van der Waals surface area contributed by atoms with Crippen LogP contribution in [0.4, 0.5) is 5.95 Å². The molecule has 0 unspecified atom stereocenters. The van der Waals surface area contributed by atoms with Crippen LogP contribution in [0.1, 0.15) is 36.9 Å². The number of para-hydroxylation sites is 1. The van der Waals surface area contributed by atoms with Gasteiger partial charge in [0.15, 0.2) is 0 Å². The van der Waals surface area contributed by atoms with E-state index in [-0.39, 0.29) is 5.91 Å². The molecule has 2 N–H and O–H groups in total. The van der Waals surface area contributed by atoms with Crippen molar-refractivity contribution in [2.45, 2.75) is 38.5 Å². The number of aryl methyl sites for hydroxylation is 1. The number of benzene rings is 1. The third kappa shape index (κ3) is 3.49. The molecule has 1 fully saturated rings. The predicted octanol–water partition coefficient (Wildman–Crippen LogP) is 2.61. The lowest BCUT2D eigenvalue weighted by Crippen LogP contribution is -2.25. The Balaban J connectivity index is 1.43. The van der Waals surface area contributed by atoms with E-state index < -0.39 is 0 Å². The quantitative estimate of drug-likeness (QED) is 0.808. The molecule has 0 bridgehead atoms. The fourth-order valence-electron chi connectivity index (χ4n) is 3.75. The SMILES string of the molecule is Nc1nc(CCCCN2CCCC2=O)cc(-c2cccc3c2OCC3)n1. The summed E-state index contributed by atoms with van der Waals surface area (Å²) in [7, 11) is 0. The highest BCUT2D eigenvalue weighted by molar-refractivity contribution is 5.78. The van der Waals surface area contributed by atoms with Crippen LogP contribution in [0.15, 0.2) is 24.3 Å². The van der Waals surface area contributed by atoms with Crippen molar-refractivity contribution >= 4 is 11.9 Å². The molecule has 0 spiro atoms. The second kappa shape index (κ2) is 7.32. The van der Waals surface area contributed by atoms with Crippen LogP contribution in [0, 0.1) is 0 Å². The smallest absolute Gasteiger partial charge is 0.222 e. The minimum atomic E-state index is 0.288. The summed E-state index contributed by atoms with van der Waals surface area (Å²) < 4.78 is 5.79. The monoisotopic (exact) mass is 352 g/mol. The lowest BCUT2D eigenvalue weighted by Gasteiger charge is -2.15. The Kier molecular flexibility index (Phi) is 4.73. The van der Waals surface area contributed by atoms with Gasteiger partial charge in [-0.05, 0) is 43.4 Å². The van der Waals surface area contributed by atoms with E-state index in [1.165, 1.54) is 5.56 Å². The predicted molar refractivity (Wildman–Crippen MR) is 99.8 cm³/mol. The summed E-state index contributed by atoms with van der Waals surface area (Å²) in [5, 5.41) is 0. The molecule has 6 heteroatoms. The Morgan fingerprint density at radius 3 is 2.96 bits per heavy atom. The van der Waals surface area contributed by atoms with Crippen LogP contribution in [-0.2, 0) is 17.6 Å². The van der Waals surface area contributed by atoms with Gasteiger partial charge >= 0.3 is 0 Å². The van der Waals surface area contributed by atoms with Gasteiger partial charge in [-0.2, -0.15) is 0 Å². The number of rotatable bonds is 6. The van der Waals surface area contributed by atoms with Crippen molar-refractivity contribution in [2.75, 3.05) is 25.4 Å². The van der Waals surface area contributed by atoms with E-state index in [2.05, 4.69) is 16.0 Å². The molecular weight excluding hydrogens is 328 g/mol. The van der Waals surface area contributed by atoms with Crippen LogP contribution in [0.2, 0.25) is 0 Å². The van der Waals surface area contributed by atoms with E-state index in [0.717, 1.165) is 74.5 Å². The number of fused-ring (bicyclic) bond motifs is 1. The van der Waals surface area contributed by atoms with Crippen molar-refractivity contribution in [1.29, 1.82) is 0 Å². The van der Waals surface area contributed by atoms with Gasteiger partial charge < -0.3 is 15.4 Å². The Hall–Kier alpha value is -2.63. The highest BCUT2D eigenvalue weighted by atomic mass is 16.5. The van der Waals surface area contributed by atoms with E-state index in [0.29, 0.717) is 12.4 Å². The van der Waals surface area contributed by atoms with Gasteiger partial charge in [0.05, 0.1) is 12.3 Å². The first kappa shape index (κ1) is 16.8. The van der Waals surface area contributed by atoms with E-state index in [4.69, 9.17) is 10.5 Å². The van der Waals surface area contributed by atoms with Crippen LogP contribution in [0.25, 0.3) is 11.3 Å². The molecule has 1 amide bonds. The maximum absolute atomic E-state index is 11.7. The second-order valence-corrected chi connectivity index (χ2v) is 6.94. The van der Waals surface area contributed by atoms with E-state index in [1.54, 1.807) is 0 Å². The number of nitrogens with two attached hydrogens (primary N) is 1. The Morgan fingerprint density at radius 2 is 2.12 bits per heavy atom. The number of nitrogens with zero attached hydrogens (tertiary/aromatic N) is 3. The Morgan fingerprint density at radius 1 is 1.19 bits per heavy atom. The fourth-order valence-corrected chi connectivity index (χ4v) is 3.75. The van der Waals surface area contributed by atoms with E-state index in [1.807, 2.05) is 23.1 Å². The number of anilines is 1. The Labute approximate surface area is 153 Å². The van der Waals surface area contributed by atoms with Crippen molar-refractivity contribution < 1.29 is 9.53 Å². The number of hydrogen-bond acceptors (Lipinski definition) is 5. The van der Waals surface area contributed by atoms with Crippen molar-refractivity contribution in [3.63, 3.8) is 0 Å². The first-order valence-electron chi connectivity index (χ1n) is 9.37. The molecule has 1 aromatic carbocycles. The van der Waals surface area contributed by atoms with Gasteiger partial charge in [0.1, 0.15) is 5.75 Å². The van der Waals surface area contributed by atoms with Gasteiger partial charge in [-0.3, -0.25) is 4.79 Å². The third-order valence-corrected chi connectivity index (χ3v) is 5.07. The number of nitrogen functional groups attached to an aromatic ring is 1. The Bertz CT molecular complexity index is 821. The number of amides is 1. The molecule has 6 nitrogen and oxygen atoms in total. The zero-order chi connectivity index (χ0) is 17.9. The van der Waals surface area contributed by atoms with Crippen LogP contribution < -0.4 is 10.5 Å². The van der Waals surface area contributed by atoms with Gasteiger partial charge in [-0.1, -0.05) is 12.1 Å². The topological polar surface area (TPSA) is 81.3 Å². The van der Waals surface area contributed by atoms with Crippen LogP contribution in [-0.4, -0.2) is 40.5 Å². The summed E-state index contributed by atoms with van der Waals surface area (Å²) in [5.74, 6) is 1.50. The molecule has 3 heterocycles. The summed E-state index contributed by atoms with van der Waals surface area (Å²) in [6.07, 6.45) is 5.42. The van der Waals surface area contributed by atoms with Gasteiger partial charge in [-0.25, -0.2) is 9.97 Å². The number of carbonyl (C=O) groups is 1. The number of aromatic nitrogens is 2. The number of unbranched alkanes of at least 4 members (excludes halogenated alkanes) is 1. The zero-order valence-corrected chi connectivity index (χ0v) is 14.9. The van der Waals surface area contributed by atoms with E-state index >= 15 is 0 Å². The van der Waals surface area contributed by atoms with Crippen molar-refractivity contribution in [3.8, 4) is 17.0 Å². The van der Waals surface area contributed by atoms with Crippen molar-refractivity contribution in [3.05, 3.63) is 35.5 Å². The standard InChI is InChI=1S/C20H24N4O2/c21-20-22-15(6-1-2-10-24-11-4-8-18(24)25)13-17(23-20)16-7-3-5-14-9-12-26-19(14)16/h3,5,7,13H,1-2,4,6,8-12H2,(H2,21,22,23). The molecule has 0 aliphatic carbocycles. The van der Waals surface area contributed by atoms with Gasteiger partial charge in [-0.15, -0.1) is 0 Å². The molecule has 2 aliphatic heterocycles. The summed E-state index contributed by atoms with van der Waals surface area (Å²) in [4.78, 5) is 22.4. The molecule has 0 radical (unpaired) electrons. The summed E-state index contributed by atoms with van der Waals surface area (Å²) in [6.45, 7) is 2.46. The minimum Gasteiger partial charge on any atom is -0.492 e. The summed E-state index contributed by atoms with van der Waals surface area (Å²) in [5.41, 5.74) is 9.91. The highest BCUT2D eigenvalue weighted by Gasteiger charge is 2.20. The molecule has 1 aromatic heterocycles. The number of likely N-dealkylation sites (tertiary alicyclic amines) is 1.